The fourth-order valence-corrected chi connectivity index (χ4v) is 0. The summed E-state index contributed by atoms with van der Waals surface area (Å²) in [7, 11) is 0. The Morgan fingerprint density at radius 1 is 0.500 bits per heavy atom. The van der Waals surface area contributed by atoms with Gasteiger partial charge in [-0.25, -0.2) is 0 Å². The van der Waals surface area contributed by atoms with E-state index in [2.05, 4.69) is 33.3 Å². The van der Waals surface area contributed by atoms with Crippen LogP contribution in [0.2, 0.25) is 0 Å². The zero-order chi connectivity index (χ0) is 12.0. The van der Waals surface area contributed by atoms with Gasteiger partial charge in [-0.2, -0.15) is 0 Å². The van der Waals surface area contributed by atoms with Gasteiger partial charge in [0.1, 0.15) is 0 Å². The van der Waals surface area contributed by atoms with E-state index in [1.54, 1.807) is 0 Å². The molecule has 0 bridgehead atoms. The van der Waals surface area contributed by atoms with Crippen molar-refractivity contribution in [2.45, 2.75) is 0 Å². The Labute approximate surface area is 115 Å². The fourth-order valence-electron chi connectivity index (χ4n) is 0. The second-order valence-corrected chi connectivity index (χ2v) is 0. The van der Waals surface area contributed by atoms with Crippen molar-refractivity contribution in [3.63, 3.8) is 0 Å². The van der Waals surface area contributed by atoms with Crippen molar-refractivity contribution in [2.24, 2.45) is 0 Å². The van der Waals surface area contributed by atoms with E-state index in [1.807, 2.05) is 0 Å². The Kier molecular flexibility index (Phi) is 110000. The minimum Gasteiger partial charge on any atom is 0 e. The average molecular weight is 241 g/mol. The number of hydrogen-bond donors (Lipinski definition) is 0. The van der Waals surface area contributed by atoms with Crippen LogP contribution in [0.1, 0.15) is 0 Å². The number of rotatable bonds is 0. The summed E-state index contributed by atoms with van der Waals surface area (Å²) in [4.78, 5) is 0. The zero-order valence-electron chi connectivity index (χ0n) is 6.90. The van der Waals surface area contributed by atoms with Crippen LogP contribution in [-0.2, 0) is 40.6 Å². The summed E-state index contributed by atoms with van der Waals surface area (Å²) in [6.45, 7) is 27.2. The molecule has 6 nitrogen and oxygen atoms in total. The third kappa shape index (κ3) is 17500. The van der Waals surface area contributed by atoms with Gasteiger partial charge in [-0.05, 0) is 0 Å². The molecule has 0 saturated heterocycles. The van der Waals surface area contributed by atoms with Crippen LogP contribution in [-0.4, -0.2) is 0 Å². The Balaban J connectivity index is -0.00000000500. The van der Waals surface area contributed by atoms with Crippen LogP contribution in [0, 0.1) is 45.1 Å². The molecule has 0 rings (SSSR count). The summed E-state index contributed by atoms with van der Waals surface area (Å²) >= 11 is 0. The third-order valence-corrected chi connectivity index (χ3v) is 0. The zero-order valence-corrected chi connectivity index (χ0v) is 10.2. The fraction of sp³-hybridized carbons (Fsp3) is 0. The Morgan fingerprint density at radius 3 is 0.500 bits per heavy atom. The molecular weight excluding hydrogens is 241 g/mol. The van der Waals surface area contributed by atoms with Gasteiger partial charge in [0.05, 0.1) is 0 Å². The van der Waals surface area contributed by atoms with Gasteiger partial charge in [-0.15, -0.1) is 0 Å². The first-order valence-electron chi connectivity index (χ1n) is 1.24. The molecule has 0 aliphatic carbocycles. The molecule has 0 fully saturated rings. The molecule has 8 heteroatoms. The SMILES string of the molecule is [C-]#N.[C-]#[O+].[C-]#[O+].[C-]#[O+].[C-]#[O+].[C-]#[O+].[Cr].[Na+]. The first-order chi connectivity index (χ1) is 6.00. The molecule has 14 heavy (non-hydrogen) atoms. The molecule has 0 aromatic carbocycles. The van der Waals surface area contributed by atoms with Crippen molar-refractivity contribution >= 4 is 0 Å². The van der Waals surface area contributed by atoms with Gasteiger partial charge in [0.25, 0.3) is 0 Å². The van der Waals surface area contributed by atoms with Crippen molar-refractivity contribution in [2.75, 3.05) is 0 Å². The summed E-state index contributed by atoms with van der Waals surface area (Å²) in [6.07, 6.45) is 0. The van der Waals surface area contributed by atoms with Gasteiger partial charge in [-0.1, -0.05) is 0 Å². The van der Waals surface area contributed by atoms with E-state index in [9.17, 15) is 0 Å². The topological polar surface area (TPSA) is 123 Å². The molecule has 0 atom stereocenters. The normalized spacial score (nSPS) is 0.857. The van der Waals surface area contributed by atoms with Crippen LogP contribution in [0.3, 0.4) is 0 Å². The van der Waals surface area contributed by atoms with Crippen LogP contribution in [0.5, 0.6) is 0 Å². The van der Waals surface area contributed by atoms with Gasteiger partial charge in [-0.3, -0.25) is 0 Å². The quantitative estimate of drug-likeness (QED) is 0.249. The van der Waals surface area contributed by atoms with Gasteiger partial charge >= 0.3 is 86.1 Å². The summed E-state index contributed by atoms with van der Waals surface area (Å²) in [5.74, 6) is 0. The monoisotopic (exact) mass is 241 g/mol. The molecule has 0 amide bonds. The Morgan fingerprint density at radius 2 is 0.500 bits per heavy atom. The third-order valence-electron chi connectivity index (χ3n) is 0. The second-order valence-electron chi connectivity index (χ2n) is 0. The van der Waals surface area contributed by atoms with Crippen LogP contribution >= 0.6 is 0 Å². The predicted octanol–water partition coefficient (Wildman–Crippen LogP) is -3.09. The van der Waals surface area contributed by atoms with Crippen molar-refractivity contribution < 1.29 is 70.2 Å². The van der Waals surface area contributed by atoms with Crippen molar-refractivity contribution in [3.8, 4) is 0 Å². The Bertz CT molecular complexity index is 101. The van der Waals surface area contributed by atoms with E-state index in [4.69, 9.17) is 35.1 Å². The molecule has 0 unspecified atom stereocenters. The van der Waals surface area contributed by atoms with Gasteiger partial charge in [0.15, 0.2) is 0 Å². The van der Waals surface area contributed by atoms with E-state index < -0.39 is 0 Å². The number of nitrogens with zero attached hydrogens (tertiary/aromatic N) is 1. The molecule has 0 aromatic heterocycles. The average Bonchev–Trinajstić information content (AvgIpc) is 2.33. The minimum absolute atomic E-state index is 0. The molecule has 0 aliphatic rings. The van der Waals surface area contributed by atoms with Crippen molar-refractivity contribution in [3.05, 3.63) is 39.8 Å². The molecule has 0 saturated carbocycles. The van der Waals surface area contributed by atoms with Crippen molar-refractivity contribution in [1.82, 2.24) is 0 Å². The second kappa shape index (κ2) is 22700. The largest absolute Gasteiger partial charge is 1.00 e. The van der Waals surface area contributed by atoms with E-state index in [0.29, 0.717) is 0 Å². The van der Waals surface area contributed by atoms with Crippen LogP contribution in [0.25, 0.3) is 0 Å². The van der Waals surface area contributed by atoms with Gasteiger partial charge < -0.3 is 11.8 Å². The van der Waals surface area contributed by atoms with Crippen LogP contribution in [0.15, 0.2) is 0 Å². The first-order valence-corrected chi connectivity index (χ1v) is 1.24. The minimum atomic E-state index is 0. The van der Waals surface area contributed by atoms with Crippen LogP contribution in [0.4, 0.5) is 0 Å². The molecule has 0 heterocycles. The molecule has 0 N–H and O–H groups in total. The number of hydrogen-bond acceptors (Lipinski definition) is 1. The summed E-state index contributed by atoms with van der Waals surface area (Å²) in [5, 5.41) is 6.25. The molecule has 0 aliphatic heterocycles. The van der Waals surface area contributed by atoms with E-state index >= 15 is 0 Å². The Hall–Kier alpha value is -0.278. The van der Waals surface area contributed by atoms with Crippen LogP contribution < -0.4 is 29.6 Å². The maximum absolute atomic E-state index is 7.50. The molecule has 0 radical (unpaired) electrons. The first kappa shape index (κ1) is 67.8. The van der Waals surface area contributed by atoms with E-state index in [1.165, 1.54) is 0 Å². The summed E-state index contributed by atoms with van der Waals surface area (Å²) in [6, 6.07) is 0. The molecular formula is C6CrNNaO5. The summed E-state index contributed by atoms with van der Waals surface area (Å²) < 4.78 is 37.5. The van der Waals surface area contributed by atoms with E-state index in [-0.39, 0.29) is 46.9 Å². The van der Waals surface area contributed by atoms with Gasteiger partial charge in [0, 0.05) is 17.4 Å². The summed E-state index contributed by atoms with van der Waals surface area (Å²) in [5.41, 5.74) is 0. The predicted molar refractivity (Wildman–Crippen MR) is 24.6 cm³/mol. The molecule has 0 aromatic rings. The smallest absolute Gasteiger partial charge is 0 e. The standard InChI is InChI=1S/CN.5CO.Cr.Na/c6*1-2;;/q-1;;;;;;;+1. The van der Waals surface area contributed by atoms with E-state index in [0.717, 1.165) is 0 Å². The van der Waals surface area contributed by atoms with Gasteiger partial charge in [0.2, 0.25) is 0 Å². The molecule has 0 spiro atoms. The maximum atomic E-state index is 7.50. The molecule has 66 valence electrons. The maximum Gasteiger partial charge on any atom is 1.00 e. The van der Waals surface area contributed by atoms with Crippen molar-refractivity contribution in [1.29, 1.82) is 5.26 Å².